The molecule has 16 heteroatoms. The number of nitrogen functional groups attached to an aromatic ring is 1. The molecule has 2 aliphatic heterocycles. The summed E-state index contributed by atoms with van der Waals surface area (Å²) in [5.41, 5.74) is 4.11. The third kappa shape index (κ3) is 5.62. The van der Waals surface area contributed by atoms with Gasteiger partial charge in [-0.1, -0.05) is 11.2 Å². The van der Waals surface area contributed by atoms with E-state index in [2.05, 4.69) is 15.2 Å². The van der Waals surface area contributed by atoms with Gasteiger partial charge in [0.1, 0.15) is 23.8 Å². The molecule has 5 rings (SSSR count). The van der Waals surface area contributed by atoms with Gasteiger partial charge in [-0.2, -0.15) is 31.4 Å². The van der Waals surface area contributed by atoms with E-state index in [4.69, 9.17) is 10.6 Å². The Balaban J connectivity index is 1.19. The van der Waals surface area contributed by atoms with Crippen LogP contribution in [0.15, 0.2) is 34.8 Å². The fourth-order valence-electron chi connectivity index (χ4n) is 4.69. The van der Waals surface area contributed by atoms with E-state index in [0.717, 1.165) is 5.01 Å². The van der Waals surface area contributed by atoms with Crippen molar-refractivity contribution in [3.05, 3.63) is 63.1 Å². The first-order chi connectivity index (χ1) is 18.8. The lowest BCUT2D eigenvalue weighted by Gasteiger charge is -2.31. The highest BCUT2D eigenvalue weighted by molar-refractivity contribution is 7.10. The van der Waals surface area contributed by atoms with E-state index in [9.17, 15) is 35.5 Å². The maximum Gasteiger partial charge on any atom is 0.435 e. The molecule has 0 bridgehead atoms. The molecule has 4 heterocycles. The maximum absolute atomic E-state index is 14.3. The molecule has 2 aliphatic rings. The van der Waals surface area contributed by atoms with Crippen molar-refractivity contribution >= 4 is 28.6 Å². The number of thiazole rings is 1. The number of anilines is 1. The number of halogens is 7. The molecule has 0 aliphatic carbocycles. The molecule has 0 spiro atoms. The smallest absolute Gasteiger partial charge is 0.398 e. The van der Waals surface area contributed by atoms with Gasteiger partial charge in [-0.25, -0.2) is 9.37 Å². The van der Waals surface area contributed by atoms with Crippen molar-refractivity contribution in [2.75, 3.05) is 18.8 Å². The van der Waals surface area contributed by atoms with E-state index >= 15 is 0 Å². The third-order valence-corrected chi connectivity index (χ3v) is 7.75. The van der Waals surface area contributed by atoms with Crippen molar-refractivity contribution in [2.45, 2.75) is 50.2 Å². The first kappa shape index (κ1) is 27.9. The van der Waals surface area contributed by atoms with Gasteiger partial charge >= 0.3 is 12.4 Å². The zero-order chi connectivity index (χ0) is 28.8. The number of benzene rings is 1. The fourth-order valence-corrected chi connectivity index (χ4v) is 5.69. The van der Waals surface area contributed by atoms with E-state index in [1.54, 1.807) is 11.4 Å². The van der Waals surface area contributed by atoms with Crippen LogP contribution in [0.5, 0.6) is 0 Å². The number of hydrogen-bond acceptors (Lipinski definition) is 7. The molecule has 1 unspecified atom stereocenters. The minimum atomic E-state index is -5.11. The van der Waals surface area contributed by atoms with Gasteiger partial charge in [-0.3, -0.25) is 9.48 Å². The Hall–Kier alpha value is -3.69. The van der Waals surface area contributed by atoms with Gasteiger partial charge in [0.05, 0.1) is 16.3 Å². The molecule has 214 valence electrons. The van der Waals surface area contributed by atoms with E-state index in [-0.39, 0.29) is 47.4 Å². The van der Waals surface area contributed by atoms with Crippen molar-refractivity contribution in [1.82, 2.24) is 19.7 Å². The van der Waals surface area contributed by atoms with Crippen LogP contribution in [0.4, 0.5) is 36.4 Å². The lowest BCUT2D eigenvalue weighted by atomic mass is 9.97. The standard InChI is InChI=1S/C24H21F7N6O2S/c25-13-2-1-3-14(32)21(13)17-8-15(35-39-17)16-11-40-22(33-16)12-4-6-36(7-5-12)20(38)10-37-19(24(29,30)31)9-18(34-37)23(26,27)28/h1-3,9,11-12,17H,4-8,10,32H2. The summed E-state index contributed by atoms with van der Waals surface area (Å²) in [4.78, 5) is 24.0. The molecular weight excluding hydrogens is 569 g/mol. The molecule has 0 radical (unpaired) electrons. The number of nitrogens with zero attached hydrogens (tertiary/aromatic N) is 5. The lowest BCUT2D eigenvalue weighted by Crippen LogP contribution is -2.40. The zero-order valence-electron chi connectivity index (χ0n) is 20.5. The Morgan fingerprint density at radius 2 is 1.85 bits per heavy atom. The van der Waals surface area contributed by atoms with Crippen molar-refractivity contribution < 1.29 is 40.4 Å². The number of nitrogens with two attached hydrogens (primary N) is 1. The second-order valence-electron chi connectivity index (χ2n) is 9.37. The summed E-state index contributed by atoms with van der Waals surface area (Å²) in [5.74, 6) is -1.31. The molecule has 1 saturated heterocycles. The highest BCUT2D eigenvalue weighted by atomic mass is 32.1. The third-order valence-electron chi connectivity index (χ3n) is 6.74. The first-order valence-electron chi connectivity index (χ1n) is 12.0. The predicted molar refractivity (Wildman–Crippen MR) is 129 cm³/mol. The molecular formula is C24H21F7N6O2S. The summed E-state index contributed by atoms with van der Waals surface area (Å²) in [6, 6.07) is 4.25. The zero-order valence-corrected chi connectivity index (χ0v) is 21.3. The molecule has 3 aromatic rings. The van der Waals surface area contributed by atoms with Crippen molar-refractivity contribution in [3.63, 3.8) is 0 Å². The fraction of sp³-hybridized carbons (Fsp3) is 0.417. The molecule has 1 fully saturated rings. The average Bonchev–Trinajstić information content (AvgIpc) is 3.63. The largest absolute Gasteiger partial charge is 0.435 e. The van der Waals surface area contributed by atoms with Gasteiger partial charge < -0.3 is 15.5 Å². The summed E-state index contributed by atoms with van der Waals surface area (Å²) >= 11 is 1.37. The van der Waals surface area contributed by atoms with Crippen LogP contribution >= 0.6 is 11.3 Å². The number of carbonyl (C=O) groups excluding carboxylic acids is 1. The summed E-state index contributed by atoms with van der Waals surface area (Å²) in [6.07, 6.45) is -9.70. The number of hydrogen-bond donors (Lipinski definition) is 1. The van der Waals surface area contributed by atoms with Crippen LogP contribution in [-0.2, 0) is 28.5 Å². The Kier molecular flexibility index (Phi) is 7.22. The van der Waals surface area contributed by atoms with E-state index in [1.807, 2.05) is 0 Å². The monoisotopic (exact) mass is 590 g/mol. The topological polar surface area (TPSA) is 98.6 Å². The Labute approximate surface area is 226 Å². The molecule has 2 N–H and O–H groups in total. The van der Waals surface area contributed by atoms with Crippen LogP contribution in [0.2, 0.25) is 0 Å². The predicted octanol–water partition coefficient (Wildman–Crippen LogP) is 5.37. The number of oxime groups is 1. The molecule has 1 atom stereocenters. The highest BCUT2D eigenvalue weighted by Gasteiger charge is 2.42. The lowest BCUT2D eigenvalue weighted by molar-refractivity contribution is -0.146. The van der Waals surface area contributed by atoms with Crippen LogP contribution in [0.1, 0.15) is 58.9 Å². The number of alkyl halides is 6. The summed E-state index contributed by atoms with van der Waals surface area (Å²) in [5, 5.41) is 9.59. The molecule has 1 amide bonds. The second-order valence-corrected chi connectivity index (χ2v) is 10.3. The van der Waals surface area contributed by atoms with Gasteiger partial charge in [0.15, 0.2) is 11.8 Å². The van der Waals surface area contributed by atoms with Gasteiger partial charge in [0.25, 0.3) is 0 Å². The van der Waals surface area contributed by atoms with Crippen molar-refractivity contribution in [1.29, 1.82) is 0 Å². The first-order valence-corrected chi connectivity index (χ1v) is 12.9. The summed E-state index contributed by atoms with van der Waals surface area (Å²) in [7, 11) is 0. The van der Waals surface area contributed by atoms with Crippen LogP contribution in [0.25, 0.3) is 0 Å². The number of amides is 1. The van der Waals surface area contributed by atoms with Crippen LogP contribution < -0.4 is 5.73 Å². The minimum absolute atomic E-state index is 0.0454. The van der Waals surface area contributed by atoms with E-state index in [0.29, 0.717) is 24.2 Å². The normalized spacial score (nSPS) is 18.6. The van der Waals surface area contributed by atoms with Crippen LogP contribution in [-0.4, -0.2) is 44.4 Å². The molecule has 0 saturated carbocycles. The Morgan fingerprint density at radius 3 is 2.50 bits per heavy atom. The molecule has 1 aromatic carbocycles. The summed E-state index contributed by atoms with van der Waals surface area (Å²) < 4.78 is 92.8. The van der Waals surface area contributed by atoms with Crippen LogP contribution in [0.3, 0.4) is 0 Å². The number of rotatable bonds is 5. The Bertz CT molecular complexity index is 1420. The molecule has 40 heavy (non-hydrogen) atoms. The number of carbonyl (C=O) groups is 1. The number of aromatic nitrogens is 3. The van der Waals surface area contributed by atoms with Gasteiger partial charge in [0, 0.05) is 42.6 Å². The van der Waals surface area contributed by atoms with Gasteiger partial charge in [0.2, 0.25) is 5.91 Å². The highest BCUT2D eigenvalue weighted by Crippen LogP contribution is 2.37. The van der Waals surface area contributed by atoms with Crippen molar-refractivity contribution in [3.8, 4) is 0 Å². The second kappa shape index (κ2) is 10.4. The van der Waals surface area contributed by atoms with E-state index in [1.165, 1.54) is 28.4 Å². The van der Waals surface area contributed by atoms with Crippen LogP contribution in [0, 0.1) is 5.82 Å². The van der Waals surface area contributed by atoms with Crippen molar-refractivity contribution in [2.24, 2.45) is 5.16 Å². The number of piperidine rings is 1. The van der Waals surface area contributed by atoms with E-state index < -0.39 is 48.1 Å². The maximum atomic E-state index is 14.3. The average molecular weight is 591 g/mol. The van der Waals surface area contributed by atoms with Gasteiger partial charge in [-0.15, -0.1) is 11.3 Å². The summed E-state index contributed by atoms with van der Waals surface area (Å²) in [6.45, 7) is -0.595. The Morgan fingerprint density at radius 1 is 1.12 bits per heavy atom. The quantitative estimate of drug-likeness (QED) is 0.318. The van der Waals surface area contributed by atoms with Gasteiger partial charge in [-0.05, 0) is 25.0 Å². The number of likely N-dealkylation sites (tertiary alicyclic amines) is 1. The molecule has 8 nitrogen and oxygen atoms in total. The molecule has 2 aromatic heterocycles. The minimum Gasteiger partial charge on any atom is -0.398 e. The SMILES string of the molecule is Nc1cccc(F)c1C1CC(c2csc(C3CCN(C(=O)Cn4nc(C(F)(F)F)cc4C(F)(F)F)CC3)n2)=NO1.